The molecule has 0 saturated heterocycles. The highest BCUT2D eigenvalue weighted by Crippen LogP contribution is 2.33. The molecule has 2 saturated carbocycles. The number of anilines is 1. The van der Waals surface area contributed by atoms with Crippen molar-refractivity contribution in [3.63, 3.8) is 0 Å². The molecule has 0 amide bonds. The van der Waals surface area contributed by atoms with Crippen LogP contribution in [-0.2, 0) is 0 Å². The van der Waals surface area contributed by atoms with E-state index in [9.17, 15) is 0 Å². The van der Waals surface area contributed by atoms with Gasteiger partial charge in [-0.15, -0.1) is 0 Å². The van der Waals surface area contributed by atoms with Crippen molar-refractivity contribution in [1.29, 1.82) is 0 Å². The Kier molecular flexibility index (Phi) is 2.62. The van der Waals surface area contributed by atoms with Crippen molar-refractivity contribution >= 4 is 5.95 Å². The van der Waals surface area contributed by atoms with Crippen molar-refractivity contribution in [2.75, 3.05) is 11.9 Å². The van der Waals surface area contributed by atoms with E-state index < -0.39 is 0 Å². The summed E-state index contributed by atoms with van der Waals surface area (Å²) in [5.41, 5.74) is 1.14. The van der Waals surface area contributed by atoms with E-state index in [2.05, 4.69) is 28.0 Å². The molecule has 3 heteroatoms. The van der Waals surface area contributed by atoms with E-state index in [1.807, 2.05) is 0 Å². The first kappa shape index (κ1) is 10.2. The highest BCUT2D eigenvalue weighted by Gasteiger charge is 2.23. The first-order valence-electron chi connectivity index (χ1n) is 6.62. The van der Waals surface area contributed by atoms with Gasteiger partial charge in [0.2, 0.25) is 5.95 Å². The second kappa shape index (κ2) is 4.11. The molecule has 16 heavy (non-hydrogen) atoms. The van der Waals surface area contributed by atoms with Gasteiger partial charge in [-0.1, -0.05) is 12.8 Å². The number of hydrogen-bond donors (Lipinski definition) is 1. The van der Waals surface area contributed by atoms with Gasteiger partial charge in [-0.3, -0.25) is 0 Å². The van der Waals surface area contributed by atoms with Crippen LogP contribution in [0.5, 0.6) is 0 Å². The second-order valence-corrected chi connectivity index (χ2v) is 5.38. The molecule has 0 bridgehead atoms. The minimum atomic E-state index is 0.697. The molecule has 1 N–H and O–H groups in total. The molecule has 0 aliphatic heterocycles. The van der Waals surface area contributed by atoms with Crippen LogP contribution in [0.25, 0.3) is 0 Å². The van der Waals surface area contributed by atoms with Crippen LogP contribution in [0.15, 0.2) is 6.20 Å². The Morgan fingerprint density at radius 3 is 2.75 bits per heavy atom. The summed E-state index contributed by atoms with van der Waals surface area (Å²) < 4.78 is 2.38. The molecule has 1 heterocycles. The van der Waals surface area contributed by atoms with Crippen LogP contribution in [0.2, 0.25) is 0 Å². The molecule has 0 aromatic carbocycles. The van der Waals surface area contributed by atoms with Gasteiger partial charge in [-0.2, -0.15) is 0 Å². The fourth-order valence-electron chi connectivity index (χ4n) is 2.67. The first-order chi connectivity index (χ1) is 7.83. The van der Waals surface area contributed by atoms with Crippen LogP contribution in [0.4, 0.5) is 5.95 Å². The van der Waals surface area contributed by atoms with E-state index in [-0.39, 0.29) is 0 Å². The van der Waals surface area contributed by atoms with E-state index in [1.54, 1.807) is 0 Å². The van der Waals surface area contributed by atoms with Crippen molar-refractivity contribution in [2.24, 2.45) is 5.92 Å². The lowest BCUT2D eigenvalue weighted by atomic mass is 10.2. The predicted octanol–water partition coefficient (Wildman–Crippen LogP) is 3.13. The zero-order valence-electron chi connectivity index (χ0n) is 10.1. The molecule has 2 fully saturated rings. The lowest BCUT2D eigenvalue weighted by Gasteiger charge is -2.15. The lowest BCUT2D eigenvalue weighted by molar-refractivity contribution is 0.522. The smallest absolute Gasteiger partial charge is 0.203 e. The number of hydrogen-bond acceptors (Lipinski definition) is 2. The van der Waals surface area contributed by atoms with Crippen molar-refractivity contribution in [3.8, 4) is 0 Å². The summed E-state index contributed by atoms with van der Waals surface area (Å²) >= 11 is 0. The fraction of sp³-hybridized carbons (Fsp3) is 0.769. The molecule has 3 nitrogen and oxygen atoms in total. The summed E-state index contributed by atoms with van der Waals surface area (Å²) in [5.74, 6) is 2.02. The maximum Gasteiger partial charge on any atom is 0.203 e. The topological polar surface area (TPSA) is 29.9 Å². The summed E-state index contributed by atoms with van der Waals surface area (Å²) in [4.78, 5) is 4.61. The average Bonchev–Trinajstić information content (AvgIpc) is 2.79. The molecular weight excluding hydrogens is 198 g/mol. The highest BCUT2D eigenvalue weighted by molar-refractivity contribution is 5.30. The number of nitrogens with one attached hydrogen (secondary N) is 1. The molecule has 0 unspecified atom stereocenters. The van der Waals surface area contributed by atoms with Crippen molar-refractivity contribution in [2.45, 2.75) is 51.5 Å². The van der Waals surface area contributed by atoms with Gasteiger partial charge in [-0.25, -0.2) is 4.98 Å². The largest absolute Gasteiger partial charge is 0.355 e. The zero-order valence-corrected chi connectivity index (χ0v) is 10.1. The molecule has 0 atom stereocenters. The quantitative estimate of drug-likeness (QED) is 0.843. The lowest BCUT2D eigenvalue weighted by Crippen LogP contribution is -2.12. The van der Waals surface area contributed by atoms with E-state index >= 15 is 0 Å². The zero-order chi connectivity index (χ0) is 11.0. The van der Waals surface area contributed by atoms with Crippen molar-refractivity contribution < 1.29 is 0 Å². The molecule has 2 aliphatic carbocycles. The monoisotopic (exact) mass is 219 g/mol. The summed E-state index contributed by atoms with van der Waals surface area (Å²) in [6.07, 6.45) is 10.4. The Bertz CT molecular complexity index is 359. The van der Waals surface area contributed by atoms with Gasteiger partial charge in [0.15, 0.2) is 0 Å². The number of nitrogens with zero attached hydrogens (tertiary/aromatic N) is 2. The molecular formula is C13H21N3. The van der Waals surface area contributed by atoms with Gasteiger partial charge in [0, 0.05) is 18.8 Å². The fourth-order valence-corrected chi connectivity index (χ4v) is 2.67. The number of imidazole rings is 1. The molecule has 0 spiro atoms. The predicted molar refractivity (Wildman–Crippen MR) is 65.7 cm³/mol. The van der Waals surface area contributed by atoms with Gasteiger partial charge < -0.3 is 9.88 Å². The normalized spacial score (nSPS) is 21.6. The Balaban J connectivity index is 1.73. The standard InChI is InChI=1S/C13H21N3/c1-10-9-16(12-4-2-3-5-12)13(15-10)14-8-11-6-7-11/h9,11-12H,2-8H2,1H3,(H,14,15). The maximum atomic E-state index is 4.61. The summed E-state index contributed by atoms with van der Waals surface area (Å²) in [5, 5.41) is 3.52. The van der Waals surface area contributed by atoms with Gasteiger partial charge in [0.25, 0.3) is 0 Å². The van der Waals surface area contributed by atoms with E-state index in [0.717, 1.165) is 24.1 Å². The number of aryl methyl sites for hydroxylation is 1. The third-order valence-electron chi connectivity index (χ3n) is 3.82. The third-order valence-corrected chi connectivity index (χ3v) is 3.82. The van der Waals surface area contributed by atoms with E-state index in [4.69, 9.17) is 0 Å². The Morgan fingerprint density at radius 2 is 2.06 bits per heavy atom. The summed E-state index contributed by atoms with van der Waals surface area (Å²) in [7, 11) is 0. The van der Waals surface area contributed by atoms with E-state index in [0.29, 0.717) is 6.04 Å². The second-order valence-electron chi connectivity index (χ2n) is 5.38. The Hall–Kier alpha value is -0.990. The SMILES string of the molecule is Cc1cn(C2CCCC2)c(NCC2CC2)n1. The van der Waals surface area contributed by atoms with Crippen molar-refractivity contribution in [1.82, 2.24) is 9.55 Å². The Morgan fingerprint density at radius 1 is 1.31 bits per heavy atom. The minimum absolute atomic E-state index is 0.697. The molecule has 1 aromatic heterocycles. The van der Waals surface area contributed by atoms with Gasteiger partial charge >= 0.3 is 0 Å². The highest BCUT2D eigenvalue weighted by atomic mass is 15.2. The van der Waals surface area contributed by atoms with Crippen LogP contribution in [0.1, 0.15) is 50.3 Å². The third kappa shape index (κ3) is 2.08. The molecule has 2 aliphatic rings. The van der Waals surface area contributed by atoms with Gasteiger partial charge in [-0.05, 0) is 38.5 Å². The minimum Gasteiger partial charge on any atom is -0.355 e. The average molecular weight is 219 g/mol. The van der Waals surface area contributed by atoms with Gasteiger partial charge in [0.1, 0.15) is 0 Å². The Labute approximate surface area is 97.3 Å². The van der Waals surface area contributed by atoms with Crippen LogP contribution in [0, 0.1) is 12.8 Å². The van der Waals surface area contributed by atoms with Crippen LogP contribution in [0.3, 0.4) is 0 Å². The summed E-state index contributed by atoms with van der Waals surface area (Å²) in [6, 6.07) is 0.697. The van der Waals surface area contributed by atoms with Crippen LogP contribution in [-0.4, -0.2) is 16.1 Å². The van der Waals surface area contributed by atoms with Crippen LogP contribution < -0.4 is 5.32 Å². The molecule has 1 aromatic rings. The van der Waals surface area contributed by atoms with Crippen LogP contribution >= 0.6 is 0 Å². The van der Waals surface area contributed by atoms with E-state index in [1.165, 1.54) is 38.5 Å². The molecule has 88 valence electrons. The number of aromatic nitrogens is 2. The van der Waals surface area contributed by atoms with Crippen molar-refractivity contribution in [3.05, 3.63) is 11.9 Å². The first-order valence-corrected chi connectivity index (χ1v) is 6.62. The maximum absolute atomic E-state index is 4.61. The number of rotatable bonds is 4. The molecule has 0 radical (unpaired) electrons. The summed E-state index contributed by atoms with van der Waals surface area (Å²) in [6.45, 7) is 3.21. The molecule has 3 rings (SSSR count). The van der Waals surface area contributed by atoms with Gasteiger partial charge in [0.05, 0.1) is 5.69 Å².